The summed E-state index contributed by atoms with van der Waals surface area (Å²) in [4.78, 5) is 18.7. The molecular weight excluding hydrogens is 454 g/mol. The van der Waals surface area contributed by atoms with Crippen molar-refractivity contribution < 1.29 is 4.79 Å². The largest absolute Gasteiger partial charge is 0.351 e. The Bertz CT molecular complexity index is 1350. The lowest BCUT2D eigenvalue weighted by Crippen LogP contribution is -2.29. The number of para-hydroxylation sites is 1. The lowest BCUT2D eigenvalue weighted by atomic mass is 9.98. The molecule has 1 aliphatic rings. The van der Waals surface area contributed by atoms with E-state index in [1.54, 1.807) is 0 Å². The number of amides is 1. The number of rotatable bonds is 6. The van der Waals surface area contributed by atoms with Crippen LogP contribution in [0.5, 0.6) is 0 Å². The smallest absolute Gasteiger partial charge is 0.224 e. The number of carbonyl (C=O) groups is 1. The first-order chi connectivity index (χ1) is 17.0. The molecular formula is C28H27N5OS. The lowest BCUT2D eigenvalue weighted by molar-refractivity contribution is -0.115. The van der Waals surface area contributed by atoms with Crippen molar-refractivity contribution in [2.24, 2.45) is 0 Å². The number of thiocarbonyl (C=S) groups is 1. The van der Waals surface area contributed by atoms with Crippen LogP contribution >= 0.6 is 12.2 Å². The fourth-order valence-electron chi connectivity index (χ4n) is 4.50. The average molecular weight is 482 g/mol. The number of carbonyl (C=O) groups excluding carboxylic acids is 1. The number of anilines is 2. The van der Waals surface area contributed by atoms with E-state index in [0.717, 1.165) is 33.9 Å². The summed E-state index contributed by atoms with van der Waals surface area (Å²) in [5.41, 5.74) is 5.91. The Morgan fingerprint density at radius 3 is 2.57 bits per heavy atom. The van der Waals surface area contributed by atoms with Crippen molar-refractivity contribution in [2.75, 3.05) is 10.2 Å². The summed E-state index contributed by atoms with van der Waals surface area (Å²) in [6, 6.07) is 24.1. The quantitative estimate of drug-likeness (QED) is 0.346. The molecule has 2 atom stereocenters. The molecule has 2 aromatic carbocycles. The number of hydrogen-bond acceptors (Lipinski definition) is 3. The molecule has 0 radical (unpaired) electrons. The molecule has 1 fully saturated rings. The zero-order chi connectivity index (χ0) is 24.4. The van der Waals surface area contributed by atoms with E-state index in [1.165, 1.54) is 0 Å². The van der Waals surface area contributed by atoms with Crippen LogP contribution in [0.2, 0.25) is 0 Å². The minimum atomic E-state index is -0.116. The maximum atomic E-state index is 11.9. The number of nitrogens with zero attached hydrogens (tertiary/aromatic N) is 3. The highest BCUT2D eigenvalue weighted by Crippen LogP contribution is 2.42. The fraction of sp³-hybridized carbons (Fsp3) is 0.179. The molecule has 4 aromatic rings. The SMILES string of the molecule is CCC(=O)Nc1ccc(N2C(=S)N[C@H](c3ccccn3)[C@H]2c2ccn(-c3ccccc3)c2)cc1C. The number of aryl methyl sites for hydroxylation is 1. The van der Waals surface area contributed by atoms with E-state index in [-0.39, 0.29) is 18.0 Å². The summed E-state index contributed by atoms with van der Waals surface area (Å²) in [5, 5.41) is 7.12. The van der Waals surface area contributed by atoms with Crippen molar-refractivity contribution >= 4 is 34.6 Å². The van der Waals surface area contributed by atoms with Gasteiger partial charge in [0, 0.05) is 42.1 Å². The standard InChI is InChI=1S/C28H27N5OS/c1-3-25(34)30-23-13-12-22(17-19(23)2)33-27(26(31-28(33)35)24-11-7-8-15-29-24)20-14-16-32(18-20)21-9-5-4-6-10-21/h4-18,26-27H,3H2,1-2H3,(H,30,34)(H,31,35)/t26-,27-/m1/s1. The second-order valence-electron chi connectivity index (χ2n) is 8.59. The summed E-state index contributed by atoms with van der Waals surface area (Å²) in [6.07, 6.45) is 6.48. The molecule has 3 heterocycles. The third-order valence-corrected chi connectivity index (χ3v) is 6.61. The molecule has 2 aromatic heterocycles. The summed E-state index contributed by atoms with van der Waals surface area (Å²) in [7, 11) is 0. The van der Waals surface area contributed by atoms with Gasteiger partial charge in [-0.25, -0.2) is 0 Å². The van der Waals surface area contributed by atoms with Gasteiger partial charge in [0.1, 0.15) is 0 Å². The van der Waals surface area contributed by atoms with Crippen LogP contribution in [0.25, 0.3) is 5.69 Å². The number of pyridine rings is 1. The van der Waals surface area contributed by atoms with E-state index < -0.39 is 0 Å². The zero-order valence-corrected chi connectivity index (χ0v) is 20.5. The fourth-order valence-corrected chi connectivity index (χ4v) is 4.84. The van der Waals surface area contributed by atoms with Crippen molar-refractivity contribution in [3.8, 4) is 5.69 Å². The number of benzene rings is 2. The van der Waals surface area contributed by atoms with Crippen LogP contribution in [0.1, 0.15) is 42.2 Å². The zero-order valence-electron chi connectivity index (χ0n) is 19.7. The van der Waals surface area contributed by atoms with Crippen LogP contribution in [0.4, 0.5) is 11.4 Å². The van der Waals surface area contributed by atoms with Crippen molar-refractivity contribution in [1.29, 1.82) is 0 Å². The lowest BCUT2D eigenvalue weighted by Gasteiger charge is -2.28. The first kappa shape index (κ1) is 22.8. The highest BCUT2D eigenvalue weighted by atomic mass is 32.1. The molecule has 176 valence electrons. The third kappa shape index (κ3) is 4.55. The number of aromatic nitrogens is 2. The number of nitrogens with one attached hydrogen (secondary N) is 2. The second kappa shape index (κ2) is 9.72. The normalized spacial score (nSPS) is 17.3. The van der Waals surface area contributed by atoms with Gasteiger partial charge < -0.3 is 20.1 Å². The van der Waals surface area contributed by atoms with Crippen LogP contribution in [-0.4, -0.2) is 20.6 Å². The van der Waals surface area contributed by atoms with E-state index in [0.29, 0.717) is 11.5 Å². The van der Waals surface area contributed by atoms with Crippen molar-refractivity contribution in [2.45, 2.75) is 32.4 Å². The molecule has 7 heteroatoms. The second-order valence-corrected chi connectivity index (χ2v) is 8.97. The maximum absolute atomic E-state index is 11.9. The van der Waals surface area contributed by atoms with Gasteiger partial charge in [-0.15, -0.1) is 0 Å². The van der Waals surface area contributed by atoms with E-state index in [1.807, 2.05) is 68.6 Å². The molecule has 5 rings (SSSR count). The molecule has 0 saturated carbocycles. The van der Waals surface area contributed by atoms with Gasteiger partial charge in [-0.1, -0.05) is 31.2 Å². The Hall–Kier alpha value is -3.97. The Morgan fingerprint density at radius 1 is 1.06 bits per heavy atom. The minimum Gasteiger partial charge on any atom is -0.351 e. The average Bonchev–Trinajstić information content (AvgIpc) is 3.51. The van der Waals surface area contributed by atoms with Crippen molar-refractivity contribution in [3.63, 3.8) is 0 Å². The molecule has 1 saturated heterocycles. The highest BCUT2D eigenvalue weighted by molar-refractivity contribution is 7.80. The summed E-state index contributed by atoms with van der Waals surface area (Å²) < 4.78 is 2.12. The van der Waals surface area contributed by atoms with Gasteiger partial charge in [0.2, 0.25) is 5.91 Å². The van der Waals surface area contributed by atoms with Gasteiger partial charge in [-0.3, -0.25) is 9.78 Å². The van der Waals surface area contributed by atoms with Crippen LogP contribution in [0, 0.1) is 6.92 Å². The first-order valence-corrected chi connectivity index (χ1v) is 12.1. The Labute approximate surface area is 210 Å². The Kier molecular flexibility index (Phi) is 6.33. The summed E-state index contributed by atoms with van der Waals surface area (Å²) in [6.45, 7) is 3.84. The van der Waals surface area contributed by atoms with E-state index in [9.17, 15) is 4.79 Å². The molecule has 1 amide bonds. The van der Waals surface area contributed by atoms with Crippen molar-refractivity contribution in [3.05, 3.63) is 108 Å². The monoisotopic (exact) mass is 481 g/mol. The van der Waals surface area contributed by atoms with Gasteiger partial charge in [-0.2, -0.15) is 0 Å². The van der Waals surface area contributed by atoms with Crippen LogP contribution in [0.15, 0.2) is 91.4 Å². The summed E-state index contributed by atoms with van der Waals surface area (Å²) >= 11 is 5.85. The maximum Gasteiger partial charge on any atom is 0.224 e. The van der Waals surface area contributed by atoms with Gasteiger partial charge >= 0.3 is 0 Å². The molecule has 35 heavy (non-hydrogen) atoms. The number of hydrogen-bond donors (Lipinski definition) is 2. The van der Waals surface area contributed by atoms with Gasteiger partial charge in [0.15, 0.2) is 5.11 Å². The molecule has 0 bridgehead atoms. The molecule has 1 aliphatic heterocycles. The highest BCUT2D eigenvalue weighted by Gasteiger charge is 2.41. The third-order valence-electron chi connectivity index (χ3n) is 6.29. The Balaban J connectivity index is 1.56. The molecule has 2 N–H and O–H groups in total. The van der Waals surface area contributed by atoms with E-state index in [2.05, 4.69) is 61.7 Å². The van der Waals surface area contributed by atoms with Crippen LogP contribution in [-0.2, 0) is 4.79 Å². The van der Waals surface area contributed by atoms with Crippen LogP contribution in [0.3, 0.4) is 0 Å². The topological polar surface area (TPSA) is 62.2 Å². The Morgan fingerprint density at radius 2 is 1.86 bits per heavy atom. The van der Waals surface area contributed by atoms with E-state index in [4.69, 9.17) is 12.2 Å². The van der Waals surface area contributed by atoms with Crippen LogP contribution < -0.4 is 15.5 Å². The van der Waals surface area contributed by atoms with Gasteiger partial charge in [0.05, 0.1) is 17.8 Å². The summed E-state index contributed by atoms with van der Waals surface area (Å²) in [5.74, 6) is -0.00504. The first-order valence-electron chi connectivity index (χ1n) is 11.7. The van der Waals surface area contributed by atoms with Gasteiger partial charge in [-0.05, 0) is 78.8 Å². The van der Waals surface area contributed by atoms with E-state index >= 15 is 0 Å². The predicted molar refractivity (Wildman–Crippen MR) is 144 cm³/mol. The predicted octanol–water partition coefficient (Wildman–Crippen LogP) is 5.71. The molecule has 0 spiro atoms. The molecule has 6 nitrogen and oxygen atoms in total. The minimum absolute atomic E-state index is 0.00504. The molecule has 0 unspecified atom stereocenters. The van der Waals surface area contributed by atoms with Gasteiger partial charge in [0.25, 0.3) is 0 Å². The van der Waals surface area contributed by atoms with Crippen molar-refractivity contribution in [1.82, 2.24) is 14.9 Å². The molecule has 0 aliphatic carbocycles.